The highest BCUT2D eigenvalue weighted by Gasteiger charge is 2.19. The van der Waals surface area contributed by atoms with Crippen molar-refractivity contribution in [1.29, 1.82) is 5.26 Å². The van der Waals surface area contributed by atoms with Crippen LogP contribution in [0.3, 0.4) is 0 Å². The number of nitrogen functional groups attached to an aromatic ring is 1. The normalized spacial score (nSPS) is 11.9. The Morgan fingerprint density at radius 1 is 1.71 bits per heavy atom. The van der Waals surface area contributed by atoms with Crippen LogP contribution in [-0.4, -0.2) is 28.5 Å². The van der Waals surface area contributed by atoms with Gasteiger partial charge in [-0.05, 0) is 19.9 Å². The summed E-state index contributed by atoms with van der Waals surface area (Å²) in [5, 5.41) is 8.78. The number of aromatic nitrogens is 1. The molecule has 1 unspecified atom stereocenters. The van der Waals surface area contributed by atoms with Crippen LogP contribution in [0.5, 0.6) is 0 Å². The molecule has 5 heteroatoms. The lowest BCUT2D eigenvalue weighted by atomic mass is 10.2. The van der Waals surface area contributed by atoms with E-state index in [2.05, 4.69) is 6.07 Å². The number of nitrogens with zero attached hydrogens (tertiary/aromatic N) is 3. The second-order valence-corrected chi connectivity index (χ2v) is 4.14. The Morgan fingerprint density at radius 2 is 2.35 bits per heavy atom. The predicted molar refractivity (Wildman–Crippen MR) is 66.2 cm³/mol. The van der Waals surface area contributed by atoms with Crippen LogP contribution < -0.4 is 5.73 Å². The Labute approximate surface area is 101 Å². The molecule has 0 fully saturated rings. The molecular weight excluding hydrogens is 216 g/mol. The van der Waals surface area contributed by atoms with E-state index in [1.54, 1.807) is 35.7 Å². The van der Waals surface area contributed by atoms with Gasteiger partial charge in [-0.15, -0.1) is 0 Å². The number of hydrogen-bond acceptors (Lipinski definition) is 3. The number of aryl methyl sites for hydroxylation is 1. The zero-order chi connectivity index (χ0) is 13.0. The standard InChI is InChI=1S/C12H18N4O/c1-4-16(7-9(2)6-13)12(17)11-5-10(14)8-15(11)3/h5,8-9H,4,7,14H2,1-3H3. The van der Waals surface area contributed by atoms with E-state index in [-0.39, 0.29) is 11.8 Å². The minimum absolute atomic E-state index is 0.0891. The fourth-order valence-corrected chi connectivity index (χ4v) is 1.69. The minimum Gasteiger partial charge on any atom is -0.397 e. The second-order valence-electron chi connectivity index (χ2n) is 4.14. The summed E-state index contributed by atoms with van der Waals surface area (Å²) in [6, 6.07) is 3.79. The van der Waals surface area contributed by atoms with Crippen LogP contribution in [0.25, 0.3) is 0 Å². The van der Waals surface area contributed by atoms with Crippen LogP contribution in [0.15, 0.2) is 12.3 Å². The number of hydrogen-bond donors (Lipinski definition) is 1. The first-order valence-electron chi connectivity index (χ1n) is 5.60. The maximum Gasteiger partial charge on any atom is 0.270 e. The molecule has 2 N–H and O–H groups in total. The molecule has 0 saturated heterocycles. The fourth-order valence-electron chi connectivity index (χ4n) is 1.69. The first-order valence-corrected chi connectivity index (χ1v) is 5.60. The van der Waals surface area contributed by atoms with Crippen molar-refractivity contribution in [2.24, 2.45) is 13.0 Å². The predicted octanol–water partition coefficient (Wildman–Crippen LogP) is 1.23. The first-order chi connectivity index (χ1) is 7.99. The Morgan fingerprint density at radius 3 is 2.76 bits per heavy atom. The SMILES string of the molecule is CCN(CC(C)C#N)C(=O)c1cc(N)cn1C. The van der Waals surface area contributed by atoms with Crippen LogP contribution in [0.4, 0.5) is 5.69 Å². The van der Waals surface area contributed by atoms with Gasteiger partial charge < -0.3 is 15.2 Å². The van der Waals surface area contributed by atoms with Crippen LogP contribution in [0.1, 0.15) is 24.3 Å². The highest BCUT2D eigenvalue weighted by Crippen LogP contribution is 2.12. The van der Waals surface area contributed by atoms with Gasteiger partial charge in [0.2, 0.25) is 0 Å². The van der Waals surface area contributed by atoms with Crippen molar-refractivity contribution < 1.29 is 4.79 Å². The lowest BCUT2D eigenvalue weighted by Gasteiger charge is -2.22. The van der Waals surface area contributed by atoms with E-state index in [0.29, 0.717) is 24.5 Å². The third-order valence-electron chi connectivity index (χ3n) is 2.63. The van der Waals surface area contributed by atoms with Gasteiger partial charge in [0.05, 0.1) is 17.7 Å². The van der Waals surface area contributed by atoms with Crippen molar-refractivity contribution in [3.63, 3.8) is 0 Å². The van der Waals surface area contributed by atoms with Gasteiger partial charge >= 0.3 is 0 Å². The summed E-state index contributed by atoms with van der Waals surface area (Å²) in [6.07, 6.45) is 1.70. The van der Waals surface area contributed by atoms with Gasteiger partial charge in [-0.2, -0.15) is 5.26 Å². The molecule has 0 bridgehead atoms. The lowest BCUT2D eigenvalue weighted by Crippen LogP contribution is -2.35. The molecular formula is C12H18N4O. The molecule has 5 nitrogen and oxygen atoms in total. The first kappa shape index (κ1) is 13.1. The van der Waals surface area contributed by atoms with E-state index in [1.165, 1.54) is 0 Å². The Balaban J connectivity index is 2.87. The maximum atomic E-state index is 12.2. The molecule has 0 saturated carbocycles. The Bertz CT molecular complexity index is 444. The molecule has 0 aliphatic rings. The number of carbonyl (C=O) groups is 1. The number of carbonyl (C=O) groups excluding carboxylic acids is 1. The molecule has 0 aliphatic carbocycles. The van der Waals surface area contributed by atoms with Gasteiger partial charge in [0, 0.05) is 26.3 Å². The molecule has 0 radical (unpaired) electrons. The zero-order valence-electron chi connectivity index (χ0n) is 10.5. The quantitative estimate of drug-likeness (QED) is 0.851. The van der Waals surface area contributed by atoms with Gasteiger partial charge in [0.1, 0.15) is 5.69 Å². The minimum atomic E-state index is -0.170. The number of nitrogens with two attached hydrogens (primary N) is 1. The van der Waals surface area contributed by atoms with E-state index >= 15 is 0 Å². The van der Waals surface area contributed by atoms with E-state index < -0.39 is 0 Å². The molecule has 17 heavy (non-hydrogen) atoms. The summed E-state index contributed by atoms with van der Waals surface area (Å²) in [4.78, 5) is 13.9. The van der Waals surface area contributed by atoms with Crippen molar-refractivity contribution in [3.05, 3.63) is 18.0 Å². The Hall–Kier alpha value is -1.96. The molecule has 0 aliphatic heterocycles. The van der Waals surface area contributed by atoms with Crippen molar-refractivity contribution in [1.82, 2.24) is 9.47 Å². The van der Waals surface area contributed by atoms with Gasteiger partial charge in [-0.3, -0.25) is 4.79 Å². The highest BCUT2D eigenvalue weighted by molar-refractivity contribution is 5.93. The van der Waals surface area contributed by atoms with Crippen molar-refractivity contribution >= 4 is 11.6 Å². The smallest absolute Gasteiger partial charge is 0.270 e. The van der Waals surface area contributed by atoms with Crippen molar-refractivity contribution in [2.45, 2.75) is 13.8 Å². The third-order valence-corrected chi connectivity index (χ3v) is 2.63. The van der Waals surface area contributed by atoms with E-state index in [0.717, 1.165) is 0 Å². The lowest BCUT2D eigenvalue weighted by molar-refractivity contribution is 0.0743. The second kappa shape index (κ2) is 5.39. The van der Waals surface area contributed by atoms with Crippen LogP contribution >= 0.6 is 0 Å². The number of amides is 1. The van der Waals surface area contributed by atoms with Crippen molar-refractivity contribution in [2.75, 3.05) is 18.8 Å². The third kappa shape index (κ3) is 3.00. The van der Waals surface area contributed by atoms with Gasteiger partial charge in [-0.25, -0.2) is 0 Å². The summed E-state index contributed by atoms with van der Waals surface area (Å²) < 4.78 is 1.71. The average molecular weight is 234 g/mol. The average Bonchev–Trinajstić information content (AvgIpc) is 2.64. The molecule has 92 valence electrons. The van der Waals surface area contributed by atoms with Gasteiger partial charge in [0.15, 0.2) is 0 Å². The van der Waals surface area contributed by atoms with E-state index in [9.17, 15) is 4.79 Å². The van der Waals surface area contributed by atoms with Crippen LogP contribution in [0, 0.1) is 17.2 Å². The summed E-state index contributed by atoms with van der Waals surface area (Å²) >= 11 is 0. The number of rotatable bonds is 4. The summed E-state index contributed by atoms with van der Waals surface area (Å²) in [5.74, 6) is -0.259. The molecule has 1 atom stereocenters. The zero-order valence-corrected chi connectivity index (χ0v) is 10.5. The highest BCUT2D eigenvalue weighted by atomic mass is 16.2. The number of nitriles is 1. The number of anilines is 1. The van der Waals surface area contributed by atoms with Gasteiger partial charge in [-0.1, -0.05) is 0 Å². The van der Waals surface area contributed by atoms with Crippen LogP contribution in [-0.2, 0) is 7.05 Å². The molecule has 1 aromatic rings. The fraction of sp³-hybridized carbons (Fsp3) is 0.500. The molecule has 0 spiro atoms. The Kier molecular flexibility index (Phi) is 4.16. The molecule has 1 aromatic heterocycles. The molecule has 1 amide bonds. The monoisotopic (exact) mass is 234 g/mol. The topological polar surface area (TPSA) is 75.1 Å². The van der Waals surface area contributed by atoms with E-state index in [4.69, 9.17) is 11.0 Å². The summed E-state index contributed by atoms with van der Waals surface area (Å²) in [7, 11) is 1.78. The van der Waals surface area contributed by atoms with Crippen molar-refractivity contribution in [3.8, 4) is 6.07 Å². The maximum absolute atomic E-state index is 12.2. The largest absolute Gasteiger partial charge is 0.397 e. The summed E-state index contributed by atoms with van der Waals surface area (Å²) in [5.41, 5.74) is 6.76. The van der Waals surface area contributed by atoms with E-state index in [1.807, 2.05) is 6.92 Å². The molecule has 1 rings (SSSR count). The summed E-state index contributed by atoms with van der Waals surface area (Å²) in [6.45, 7) is 4.72. The van der Waals surface area contributed by atoms with Gasteiger partial charge in [0.25, 0.3) is 5.91 Å². The molecule has 0 aromatic carbocycles. The van der Waals surface area contributed by atoms with Crippen LogP contribution in [0.2, 0.25) is 0 Å². The molecule has 1 heterocycles.